The van der Waals surface area contributed by atoms with E-state index in [9.17, 15) is 9.59 Å². The Hall–Kier alpha value is -1.91. The lowest BCUT2D eigenvalue weighted by molar-refractivity contribution is -0.118. The number of nitrogens with zero attached hydrogens (tertiary/aromatic N) is 3. The van der Waals surface area contributed by atoms with Crippen molar-refractivity contribution in [3.63, 3.8) is 0 Å². The van der Waals surface area contributed by atoms with Crippen LogP contribution in [0.15, 0.2) is 37.7 Å². The van der Waals surface area contributed by atoms with Crippen molar-refractivity contribution in [3.05, 3.63) is 40.4 Å². The topological polar surface area (TPSA) is 101 Å². The minimum Gasteiger partial charge on any atom is -0.355 e. The number of rotatable bonds is 8. The summed E-state index contributed by atoms with van der Waals surface area (Å²) in [7, 11) is 0. The molecule has 2 aromatic heterocycles. The van der Waals surface area contributed by atoms with Gasteiger partial charge in [-0.25, -0.2) is 4.98 Å². The first-order valence-corrected chi connectivity index (χ1v) is 11.1. The van der Waals surface area contributed by atoms with Gasteiger partial charge in [0, 0.05) is 6.54 Å². The molecule has 10 heteroatoms. The third-order valence-electron chi connectivity index (χ3n) is 3.58. The summed E-state index contributed by atoms with van der Waals surface area (Å²) in [5.41, 5.74) is 0.532. The summed E-state index contributed by atoms with van der Waals surface area (Å²) >= 11 is 4.29. The van der Waals surface area contributed by atoms with Crippen LogP contribution in [0.1, 0.15) is 31.3 Å². The molecule has 0 bridgehead atoms. The molecule has 2 N–H and O–H groups in total. The van der Waals surface area contributed by atoms with Crippen molar-refractivity contribution >= 4 is 51.7 Å². The Labute approximate surface area is 168 Å². The van der Waals surface area contributed by atoms with Crippen molar-refractivity contribution in [2.45, 2.75) is 34.2 Å². The Morgan fingerprint density at radius 2 is 2.07 bits per heavy atom. The minimum absolute atomic E-state index is 0.00226. The molecule has 0 aliphatic heterocycles. The van der Waals surface area contributed by atoms with E-state index in [0.29, 0.717) is 29.0 Å². The molecule has 3 rings (SSSR count). The Morgan fingerprint density at radius 1 is 1.30 bits per heavy atom. The van der Waals surface area contributed by atoms with Crippen LogP contribution in [-0.2, 0) is 4.79 Å². The average Bonchev–Trinajstić information content (AvgIpc) is 3.12. The van der Waals surface area contributed by atoms with E-state index in [1.807, 2.05) is 32.0 Å². The zero-order valence-electron chi connectivity index (χ0n) is 14.9. The van der Waals surface area contributed by atoms with Crippen LogP contribution in [0.3, 0.4) is 0 Å². The van der Waals surface area contributed by atoms with Gasteiger partial charge in [0.2, 0.25) is 5.91 Å². The van der Waals surface area contributed by atoms with E-state index in [-0.39, 0.29) is 16.7 Å². The largest absolute Gasteiger partial charge is 0.355 e. The van der Waals surface area contributed by atoms with Crippen LogP contribution in [0.5, 0.6) is 0 Å². The average molecular weight is 422 g/mol. The second-order valence-corrected chi connectivity index (χ2v) is 9.49. The van der Waals surface area contributed by atoms with E-state index in [0.717, 1.165) is 15.1 Å². The normalized spacial score (nSPS) is 12.2. The van der Waals surface area contributed by atoms with Crippen LogP contribution < -0.4 is 10.9 Å². The Balaban J connectivity index is 1.63. The third kappa shape index (κ3) is 5.30. The van der Waals surface area contributed by atoms with Gasteiger partial charge < -0.3 is 10.3 Å². The maximum atomic E-state index is 12.2. The van der Waals surface area contributed by atoms with Gasteiger partial charge in [0.1, 0.15) is 5.82 Å². The van der Waals surface area contributed by atoms with Crippen molar-refractivity contribution in [1.82, 2.24) is 25.5 Å². The van der Waals surface area contributed by atoms with Crippen LogP contribution in [0.4, 0.5) is 0 Å². The quantitative estimate of drug-likeness (QED) is 0.539. The molecule has 142 valence electrons. The summed E-state index contributed by atoms with van der Waals surface area (Å²) in [6.45, 7) is 4.66. The highest BCUT2D eigenvalue weighted by molar-refractivity contribution is 8.03. The van der Waals surface area contributed by atoms with Gasteiger partial charge in [-0.3, -0.25) is 9.59 Å². The van der Waals surface area contributed by atoms with Crippen LogP contribution in [-0.4, -0.2) is 38.4 Å². The zero-order chi connectivity index (χ0) is 19.2. The lowest BCUT2D eigenvalue weighted by atomic mass is 10.2. The van der Waals surface area contributed by atoms with Gasteiger partial charge in [0.25, 0.3) is 5.56 Å². The predicted molar refractivity (Wildman–Crippen MR) is 111 cm³/mol. The van der Waals surface area contributed by atoms with Gasteiger partial charge in [-0.1, -0.05) is 53.9 Å². The SMILES string of the molecule is CCCNC(=O)CSc1nnc(S[C@H](C)c2nc3ccccc3c(=O)[nH]2)s1. The molecule has 0 aliphatic carbocycles. The molecule has 2 heterocycles. The molecule has 0 saturated carbocycles. The standard InChI is InChI=1S/C17H19N5O2S3/c1-3-8-18-13(23)9-25-16-21-22-17(27-16)26-10(2)14-19-12-7-5-4-6-11(12)15(24)20-14/h4-7,10H,3,8-9H2,1-2H3,(H,18,23)(H,19,20,24)/t10-/m1/s1. The number of amides is 1. The van der Waals surface area contributed by atoms with Gasteiger partial charge in [-0.2, -0.15) is 0 Å². The van der Waals surface area contributed by atoms with Gasteiger partial charge >= 0.3 is 0 Å². The molecule has 0 unspecified atom stereocenters. The molecule has 3 aromatic rings. The number of benzene rings is 1. The number of thioether (sulfide) groups is 2. The molecule has 0 fully saturated rings. The summed E-state index contributed by atoms with van der Waals surface area (Å²) < 4.78 is 1.52. The van der Waals surface area contributed by atoms with E-state index in [1.54, 1.807) is 6.07 Å². The molecule has 1 aromatic carbocycles. The summed E-state index contributed by atoms with van der Waals surface area (Å²) in [6, 6.07) is 7.27. The fraction of sp³-hybridized carbons (Fsp3) is 0.353. The first-order chi connectivity index (χ1) is 13.1. The lowest BCUT2D eigenvalue weighted by Crippen LogP contribution is -2.25. The van der Waals surface area contributed by atoms with E-state index in [1.165, 1.54) is 34.9 Å². The number of fused-ring (bicyclic) bond motifs is 1. The van der Waals surface area contributed by atoms with Crippen molar-refractivity contribution in [1.29, 1.82) is 0 Å². The molecule has 0 spiro atoms. The molecular weight excluding hydrogens is 402 g/mol. The highest BCUT2D eigenvalue weighted by Gasteiger charge is 2.16. The Morgan fingerprint density at radius 3 is 2.89 bits per heavy atom. The molecule has 7 nitrogen and oxygen atoms in total. The van der Waals surface area contributed by atoms with Crippen LogP contribution in [0, 0.1) is 0 Å². The van der Waals surface area contributed by atoms with Gasteiger partial charge in [-0.15, -0.1) is 10.2 Å². The molecule has 1 amide bonds. The predicted octanol–water partition coefficient (Wildman–Crippen LogP) is 3.25. The smallest absolute Gasteiger partial charge is 0.258 e. The van der Waals surface area contributed by atoms with Crippen LogP contribution in [0.25, 0.3) is 10.9 Å². The Bertz CT molecular complexity index is 988. The van der Waals surface area contributed by atoms with Crippen LogP contribution in [0.2, 0.25) is 0 Å². The lowest BCUT2D eigenvalue weighted by Gasteiger charge is -2.08. The monoisotopic (exact) mass is 421 g/mol. The first kappa shape index (κ1) is 19.8. The van der Waals surface area contributed by atoms with Crippen molar-refractivity contribution in [2.24, 2.45) is 0 Å². The van der Waals surface area contributed by atoms with Crippen molar-refractivity contribution in [3.8, 4) is 0 Å². The summed E-state index contributed by atoms with van der Waals surface area (Å²) in [5, 5.41) is 11.6. The molecule has 0 radical (unpaired) electrons. The van der Waals surface area contributed by atoms with Gasteiger partial charge in [-0.05, 0) is 25.5 Å². The minimum atomic E-state index is -0.144. The number of para-hydroxylation sites is 1. The summed E-state index contributed by atoms with van der Waals surface area (Å²) in [6.07, 6.45) is 0.915. The molecule has 27 heavy (non-hydrogen) atoms. The fourth-order valence-corrected chi connectivity index (χ4v) is 5.30. The molecular formula is C17H19N5O2S3. The Kier molecular flexibility index (Phi) is 6.86. The number of hydrogen-bond acceptors (Lipinski definition) is 8. The number of hydrogen-bond donors (Lipinski definition) is 2. The molecule has 0 aliphatic rings. The van der Waals surface area contributed by atoms with Crippen molar-refractivity contribution in [2.75, 3.05) is 12.3 Å². The first-order valence-electron chi connectivity index (χ1n) is 8.45. The van der Waals surface area contributed by atoms with E-state index >= 15 is 0 Å². The van der Waals surface area contributed by atoms with Gasteiger partial charge in [0.15, 0.2) is 8.68 Å². The number of H-pyrrole nitrogens is 1. The highest BCUT2D eigenvalue weighted by Crippen LogP contribution is 2.36. The molecule has 1 atom stereocenters. The second kappa shape index (κ2) is 9.34. The number of carbonyl (C=O) groups is 1. The van der Waals surface area contributed by atoms with Crippen LogP contribution >= 0.6 is 34.9 Å². The van der Waals surface area contributed by atoms with E-state index in [4.69, 9.17) is 0 Å². The van der Waals surface area contributed by atoms with E-state index < -0.39 is 0 Å². The number of aromatic amines is 1. The number of aromatic nitrogens is 4. The maximum absolute atomic E-state index is 12.2. The number of carbonyl (C=O) groups excluding carboxylic acids is 1. The summed E-state index contributed by atoms with van der Waals surface area (Å²) in [5.74, 6) is 0.929. The molecule has 0 saturated heterocycles. The van der Waals surface area contributed by atoms with Crippen molar-refractivity contribution < 1.29 is 4.79 Å². The third-order valence-corrected chi connectivity index (χ3v) is 6.83. The highest BCUT2D eigenvalue weighted by atomic mass is 32.2. The maximum Gasteiger partial charge on any atom is 0.258 e. The van der Waals surface area contributed by atoms with E-state index in [2.05, 4.69) is 25.5 Å². The summed E-state index contributed by atoms with van der Waals surface area (Å²) in [4.78, 5) is 31.3. The number of nitrogens with one attached hydrogen (secondary N) is 2. The zero-order valence-corrected chi connectivity index (χ0v) is 17.3. The van der Waals surface area contributed by atoms with Gasteiger partial charge in [0.05, 0.1) is 21.9 Å². The second-order valence-electron chi connectivity index (χ2n) is 5.70. The fourth-order valence-electron chi connectivity index (χ4n) is 2.25.